The van der Waals surface area contributed by atoms with Crippen LogP contribution in [0.3, 0.4) is 0 Å². The predicted octanol–water partition coefficient (Wildman–Crippen LogP) is 2.34. The fourth-order valence-corrected chi connectivity index (χ4v) is 3.62. The lowest BCUT2D eigenvalue weighted by Crippen LogP contribution is -2.48. The van der Waals surface area contributed by atoms with E-state index in [0.29, 0.717) is 11.9 Å². The van der Waals surface area contributed by atoms with Gasteiger partial charge in [-0.25, -0.2) is 0 Å². The van der Waals surface area contributed by atoms with Crippen molar-refractivity contribution in [1.29, 1.82) is 0 Å². The zero-order valence-corrected chi connectivity index (χ0v) is 9.75. The Morgan fingerprint density at radius 1 is 1.20 bits per heavy atom. The molecule has 0 aromatic heterocycles. The number of nitrogens with one attached hydrogen (secondary N) is 1. The summed E-state index contributed by atoms with van der Waals surface area (Å²) in [5, 5.41) is 3.23. The van der Waals surface area contributed by atoms with Crippen LogP contribution in [0.25, 0.3) is 0 Å². The van der Waals surface area contributed by atoms with E-state index in [9.17, 15) is 4.79 Å². The van der Waals surface area contributed by atoms with Crippen LogP contribution in [0.1, 0.15) is 46.0 Å². The SMILES string of the molecule is CC1CC(NC(=O)C2(C)CC3CC3C2)C1. The molecule has 3 aliphatic carbocycles. The standard InChI is InChI=1S/C13H21NO/c1-8-3-11(4-8)14-12(15)13(2)6-9-5-10(9)7-13/h8-11H,3-7H2,1-2H3,(H,14,15). The minimum Gasteiger partial charge on any atom is -0.353 e. The minimum absolute atomic E-state index is 0.0214. The Labute approximate surface area is 91.8 Å². The highest BCUT2D eigenvalue weighted by Gasteiger charge is 2.55. The number of rotatable bonds is 2. The largest absolute Gasteiger partial charge is 0.353 e. The molecule has 0 aromatic carbocycles. The van der Waals surface area contributed by atoms with E-state index in [1.54, 1.807) is 0 Å². The summed E-state index contributed by atoms with van der Waals surface area (Å²) in [4.78, 5) is 12.1. The molecule has 2 unspecified atom stereocenters. The Morgan fingerprint density at radius 2 is 1.80 bits per heavy atom. The number of fused-ring (bicyclic) bond motifs is 1. The summed E-state index contributed by atoms with van der Waals surface area (Å²) in [6.07, 6.45) is 6.06. The van der Waals surface area contributed by atoms with Crippen LogP contribution in [0.4, 0.5) is 0 Å². The van der Waals surface area contributed by atoms with Crippen LogP contribution >= 0.6 is 0 Å². The van der Waals surface area contributed by atoms with Gasteiger partial charge in [-0.05, 0) is 49.9 Å². The third kappa shape index (κ3) is 1.58. The van der Waals surface area contributed by atoms with Gasteiger partial charge in [-0.15, -0.1) is 0 Å². The summed E-state index contributed by atoms with van der Waals surface area (Å²) < 4.78 is 0. The van der Waals surface area contributed by atoms with Crippen LogP contribution in [-0.2, 0) is 4.79 Å². The number of carbonyl (C=O) groups is 1. The van der Waals surface area contributed by atoms with Crippen molar-refractivity contribution in [1.82, 2.24) is 5.32 Å². The van der Waals surface area contributed by atoms with Gasteiger partial charge in [-0.3, -0.25) is 4.79 Å². The molecule has 0 radical (unpaired) electrons. The Kier molecular flexibility index (Phi) is 1.93. The van der Waals surface area contributed by atoms with E-state index < -0.39 is 0 Å². The summed E-state index contributed by atoms with van der Waals surface area (Å²) in [7, 11) is 0. The first-order valence-electron chi connectivity index (χ1n) is 6.38. The highest BCUT2D eigenvalue weighted by atomic mass is 16.2. The smallest absolute Gasteiger partial charge is 0.226 e. The summed E-state index contributed by atoms with van der Waals surface area (Å²) in [6.45, 7) is 4.42. The monoisotopic (exact) mass is 207 g/mol. The van der Waals surface area contributed by atoms with E-state index in [4.69, 9.17) is 0 Å². The van der Waals surface area contributed by atoms with Crippen molar-refractivity contribution in [3.05, 3.63) is 0 Å². The van der Waals surface area contributed by atoms with Gasteiger partial charge >= 0.3 is 0 Å². The second-order valence-corrected chi connectivity index (χ2v) is 6.47. The number of amides is 1. The van der Waals surface area contributed by atoms with Crippen molar-refractivity contribution >= 4 is 5.91 Å². The molecule has 3 fully saturated rings. The van der Waals surface area contributed by atoms with Gasteiger partial charge in [-0.1, -0.05) is 13.8 Å². The fraction of sp³-hybridized carbons (Fsp3) is 0.923. The van der Waals surface area contributed by atoms with Gasteiger partial charge < -0.3 is 5.32 Å². The first kappa shape index (κ1) is 9.68. The average Bonchev–Trinajstić information content (AvgIpc) is 2.72. The minimum atomic E-state index is -0.0214. The van der Waals surface area contributed by atoms with E-state index in [-0.39, 0.29) is 5.41 Å². The van der Waals surface area contributed by atoms with Gasteiger partial charge in [0.1, 0.15) is 0 Å². The third-order valence-corrected chi connectivity index (χ3v) is 4.75. The van der Waals surface area contributed by atoms with Crippen LogP contribution < -0.4 is 5.32 Å². The van der Waals surface area contributed by atoms with E-state index in [1.165, 1.54) is 19.3 Å². The van der Waals surface area contributed by atoms with Crippen LogP contribution in [0, 0.1) is 23.2 Å². The van der Waals surface area contributed by atoms with E-state index in [1.807, 2.05) is 0 Å². The maximum absolute atomic E-state index is 12.1. The second kappa shape index (κ2) is 2.99. The fourth-order valence-electron chi connectivity index (χ4n) is 3.62. The lowest BCUT2D eigenvalue weighted by atomic mass is 9.79. The second-order valence-electron chi connectivity index (χ2n) is 6.47. The van der Waals surface area contributed by atoms with Crippen LogP contribution in [-0.4, -0.2) is 11.9 Å². The predicted molar refractivity (Wildman–Crippen MR) is 59.3 cm³/mol. The Balaban J connectivity index is 1.55. The normalized spacial score (nSPS) is 51.9. The molecule has 0 spiro atoms. The molecule has 15 heavy (non-hydrogen) atoms. The van der Waals surface area contributed by atoms with E-state index >= 15 is 0 Å². The molecule has 1 amide bonds. The van der Waals surface area contributed by atoms with Crippen molar-refractivity contribution in [3.63, 3.8) is 0 Å². The molecule has 0 aliphatic heterocycles. The third-order valence-electron chi connectivity index (χ3n) is 4.75. The highest BCUT2D eigenvalue weighted by molar-refractivity contribution is 5.83. The summed E-state index contributed by atoms with van der Waals surface area (Å²) in [6, 6.07) is 0.487. The molecule has 3 aliphatic rings. The first-order valence-corrected chi connectivity index (χ1v) is 6.38. The maximum atomic E-state index is 12.1. The Morgan fingerprint density at radius 3 is 2.33 bits per heavy atom. The summed E-state index contributed by atoms with van der Waals surface area (Å²) in [5.41, 5.74) is -0.0214. The zero-order valence-electron chi connectivity index (χ0n) is 9.75. The van der Waals surface area contributed by atoms with E-state index in [0.717, 1.165) is 30.6 Å². The molecular formula is C13H21NO. The van der Waals surface area contributed by atoms with Crippen molar-refractivity contribution in [2.75, 3.05) is 0 Å². The Hall–Kier alpha value is -0.530. The molecule has 0 heterocycles. The Bertz CT molecular complexity index is 283. The van der Waals surface area contributed by atoms with Gasteiger partial charge in [0.2, 0.25) is 5.91 Å². The molecule has 3 saturated carbocycles. The highest BCUT2D eigenvalue weighted by Crippen LogP contribution is 2.59. The van der Waals surface area contributed by atoms with Crippen LogP contribution in [0.2, 0.25) is 0 Å². The molecule has 0 saturated heterocycles. The maximum Gasteiger partial charge on any atom is 0.226 e. The van der Waals surface area contributed by atoms with Crippen LogP contribution in [0.5, 0.6) is 0 Å². The average molecular weight is 207 g/mol. The summed E-state index contributed by atoms with van der Waals surface area (Å²) >= 11 is 0. The number of hydrogen-bond donors (Lipinski definition) is 1. The molecular weight excluding hydrogens is 186 g/mol. The van der Waals surface area contributed by atoms with E-state index in [2.05, 4.69) is 19.2 Å². The lowest BCUT2D eigenvalue weighted by Gasteiger charge is -2.36. The van der Waals surface area contributed by atoms with Gasteiger partial charge in [0.15, 0.2) is 0 Å². The molecule has 2 heteroatoms. The van der Waals surface area contributed by atoms with Gasteiger partial charge in [0, 0.05) is 11.5 Å². The molecule has 0 aromatic rings. The molecule has 3 rings (SSSR count). The molecule has 2 atom stereocenters. The first-order chi connectivity index (χ1) is 7.07. The van der Waals surface area contributed by atoms with Crippen molar-refractivity contribution in [2.24, 2.45) is 23.2 Å². The molecule has 84 valence electrons. The molecule has 0 bridgehead atoms. The topological polar surface area (TPSA) is 29.1 Å². The van der Waals surface area contributed by atoms with Crippen LogP contribution in [0.15, 0.2) is 0 Å². The van der Waals surface area contributed by atoms with Gasteiger partial charge in [-0.2, -0.15) is 0 Å². The van der Waals surface area contributed by atoms with Gasteiger partial charge in [0.25, 0.3) is 0 Å². The van der Waals surface area contributed by atoms with Crippen molar-refractivity contribution < 1.29 is 4.79 Å². The quantitative estimate of drug-likeness (QED) is 0.740. The molecule has 2 nitrogen and oxygen atoms in total. The summed E-state index contributed by atoms with van der Waals surface area (Å²) in [5.74, 6) is 2.94. The van der Waals surface area contributed by atoms with Crippen molar-refractivity contribution in [2.45, 2.75) is 52.0 Å². The molecule has 1 N–H and O–H groups in total. The lowest BCUT2D eigenvalue weighted by molar-refractivity contribution is -0.132. The van der Waals surface area contributed by atoms with Crippen molar-refractivity contribution in [3.8, 4) is 0 Å². The number of carbonyl (C=O) groups excluding carboxylic acids is 1. The number of hydrogen-bond acceptors (Lipinski definition) is 1. The zero-order chi connectivity index (χ0) is 10.6. The van der Waals surface area contributed by atoms with Gasteiger partial charge in [0.05, 0.1) is 0 Å².